The molecule has 0 saturated heterocycles. The molecular weight excluding hydrogens is 352 g/mol. The van der Waals surface area contributed by atoms with Crippen LogP contribution >= 0.6 is 0 Å². The van der Waals surface area contributed by atoms with Crippen LogP contribution in [0.2, 0.25) is 0 Å². The zero-order chi connectivity index (χ0) is 19.3. The maximum atomic E-state index is 13.0. The molecule has 1 saturated carbocycles. The van der Waals surface area contributed by atoms with E-state index in [1.165, 1.54) is 0 Å². The molecule has 1 aromatic carbocycles. The molecule has 142 valence electrons. The van der Waals surface area contributed by atoms with E-state index in [0.717, 1.165) is 36.3 Å². The third-order valence-electron chi connectivity index (χ3n) is 4.93. The zero-order valence-corrected chi connectivity index (χ0v) is 15.7. The molecule has 3 aromatic rings. The lowest BCUT2D eigenvalue weighted by molar-refractivity contribution is 0.0936. The summed E-state index contributed by atoms with van der Waals surface area (Å²) in [6.07, 6.45) is 9.77. The van der Waals surface area contributed by atoms with Gasteiger partial charge in [-0.05, 0) is 38.3 Å². The fourth-order valence-electron chi connectivity index (χ4n) is 3.52. The average molecular weight is 374 g/mol. The molecule has 0 unspecified atom stereocenters. The van der Waals surface area contributed by atoms with Gasteiger partial charge in [0, 0.05) is 30.0 Å². The lowest BCUT2D eigenvalue weighted by Gasteiger charge is -2.23. The standard InChI is InChI=1S/C21H22N6O/c1-14-12-25-19(13-24-14)26-17-8-4-9-18(17)27-21(28)16-7-3-2-6-15(16)20-22-10-5-11-23-20/h2-3,5-7,10-13,17-18H,4,8-9H2,1H3,(H,25,26)(H,27,28)/t17-,18-/m0/s1. The number of nitrogens with one attached hydrogen (secondary N) is 2. The van der Waals surface area contributed by atoms with E-state index < -0.39 is 0 Å². The molecule has 2 heterocycles. The fourth-order valence-corrected chi connectivity index (χ4v) is 3.52. The van der Waals surface area contributed by atoms with E-state index in [0.29, 0.717) is 11.4 Å². The van der Waals surface area contributed by atoms with Gasteiger partial charge < -0.3 is 10.6 Å². The van der Waals surface area contributed by atoms with Crippen molar-refractivity contribution < 1.29 is 4.79 Å². The van der Waals surface area contributed by atoms with Crippen LogP contribution in [-0.2, 0) is 0 Å². The van der Waals surface area contributed by atoms with Crippen molar-refractivity contribution in [3.05, 3.63) is 66.4 Å². The van der Waals surface area contributed by atoms with Crippen LogP contribution in [0.5, 0.6) is 0 Å². The summed E-state index contributed by atoms with van der Waals surface area (Å²) in [5, 5.41) is 6.59. The minimum Gasteiger partial charge on any atom is -0.364 e. The zero-order valence-electron chi connectivity index (χ0n) is 15.7. The Kier molecular flexibility index (Phi) is 5.23. The third kappa shape index (κ3) is 3.98. The number of aromatic nitrogens is 4. The molecule has 7 heteroatoms. The molecule has 0 bridgehead atoms. The van der Waals surface area contributed by atoms with Crippen LogP contribution in [0.4, 0.5) is 5.82 Å². The van der Waals surface area contributed by atoms with Gasteiger partial charge >= 0.3 is 0 Å². The monoisotopic (exact) mass is 374 g/mol. The Morgan fingerprint density at radius 1 is 0.964 bits per heavy atom. The first-order valence-electron chi connectivity index (χ1n) is 9.43. The summed E-state index contributed by atoms with van der Waals surface area (Å²) in [4.78, 5) is 30.2. The summed E-state index contributed by atoms with van der Waals surface area (Å²) in [5.74, 6) is 1.16. The smallest absolute Gasteiger partial charge is 0.252 e. The SMILES string of the molecule is Cc1cnc(N[C@H]2CCC[C@@H]2NC(=O)c2ccccc2-c2ncccn2)cn1. The number of amides is 1. The van der Waals surface area contributed by atoms with Crippen LogP contribution in [0.25, 0.3) is 11.4 Å². The van der Waals surface area contributed by atoms with Gasteiger partial charge in [-0.15, -0.1) is 0 Å². The number of carbonyl (C=O) groups is 1. The topological polar surface area (TPSA) is 92.7 Å². The maximum Gasteiger partial charge on any atom is 0.252 e. The van der Waals surface area contributed by atoms with E-state index in [2.05, 4.69) is 30.6 Å². The number of hydrogen-bond donors (Lipinski definition) is 2. The lowest BCUT2D eigenvalue weighted by atomic mass is 10.0. The highest BCUT2D eigenvalue weighted by Gasteiger charge is 2.29. The van der Waals surface area contributed by atoms with Crippen LogP contribution < -0.4 is 10.6 Å². The third-order valence-corrected chi connectivity index (χ3v) is 4.93. The minimum absolute atomic E-state index is 0.0281. The fraction of sp³-hybridized carbons (Fsp3) is 0.286. The molecule has 2 aromatic heterocycles. The number of anilines is 1. The van der Waals surface area contributed by atoms with E-state index >= 15 is 0 Å². The summed E-state index contributed by atoms with van der Waals surface area (Å²) in [5.41, 5.74) is 2.18. The number of benzene rings is 1. The van der Waals surface area contributed by atoms with Crippen molar-refractivity contribution in [3.8, 4) is 11.4 Å². The molecule has 2 N–H and O–H groups in total. The average Bonchev–Trinajstić information content (AvgIpc) is 3.17. The number of rotatable bonds is 5. The lowest BCUT2D eigenvalue weighted by Crippen LogP contribution is -2.43. The van der Waals surface area contributed by atoms with Gasteiger partial charge in [-0.1, -0.05) is 18.2 Å². The summed E-state index contributed by atoms with van der Waals surface area (Å²) < 4.78 is 0. The molecule has 0 spiro atoms. The molecule has 7 nitrogen and oxygen atoms in total. The summed E-state index contributed by atoms with van der Waals surface area (Å²) in [7, 11) is 0. The number of carbonyl (C=O) groups excluding carboxylic acids is 1. The van der Waals surface area contributed by atoms with Gasteiger partial charge in [0.2, 0.25) is 0 Å². The van der Waals surface area contributed by atoms with Crippen molar-refractivity contribution in [1.82, 2.24) is 25.3 Å². The minimum atomic E-state index is -0.114. The highest BCUT2D eigenvalue weighted by molar-refractivity contribution is 6.00. The Hall–Kier alpha value is -3.35. The summed E-state index contributed by atoms with van der Waals surface area (Å²) >= 11 is 0. The van der Waals surface area contributed by atoms with Gasteiger partial charge in [0.15, 0.2) is 5.82 Å². The van der Waals surface area contributed by atoms with Gasteiger partial charge in [0.1, 0.15) is 5.82 Å². The van der Waals surface area contributed by atoms with Crippen molar-refractivity contribution in [3.63, 3.8) is 0 Å². The summed E-state index contributed by atoms with van der Waals surface area (Å²) in [6, 6.07) is 9.34. The molecular formula is C21H22N6O. The molecule has 1 aliphatic carbocycles. The van der Waals surface area contributed by atoms with E-state index in [-0.39, 0.29) is 18.0 Å². The molecule has 28 heavy (non-hydrogen) atoms. The second-order valence-electron chi connectivity index (χ2n) is 6.92. The van der Waals surface area contributed by atoms with Crippen LogP contribution in [0.3, 0.4) is 0 Å². The molecule has 1 amide bonds. The van der Waals surface area contributed by atoms with E-state index in [9.17, 15) is 4.79 Å². The van der Waals surface area contributed by atoms with E-state index in [1.807, 2.05) is 31.2 Å². The van der Waals surface area contributed by atoms with Crippen molar-refractivity contribution in [2.45, 2.75) is 38.3 Å². The number of aryl methyl sites for hydroxylation is 1. The molecule has 1 fully saturated rings. The Bertz CT molecular complexity index is 945. The molecule has 1 aliphatic rings. The normalized spacial score (nSPS) is 18.6. The largest absolute Gasteiger partial charge is 0.364 e. The van der Waals surface area contributed by atoms with Crippen LogP contribution in [0, 0.1) is 6.92 Å². The Morgan fingerprint density at radius 3 is 2.54 bits per heavy atom. The second-order valence-corrected chi connectivity index (χ2v) is 6.92. The predicted molar refractivity (Wildman–Crippen MR) is 107 cm³/mol. The first-order valence-corrected chi connectivity index (χ1v) is 9.43. The maximum absolute atomic E-state index is 13.0. The molecule has 4 rings (SSSR count). The molecule has 0 aliphatic heterocycles. The number of hydrogen-bond acceptors (Lipinski definition) is 6. The van der Waals surface area contributed by atoms with E-state index in [1.54, 1.807) is 30.9 Å². The Balaban J connectivity index is 1.50. The van der Waals surface area contributed by atoms with Crippen molar-refractivity contribution >= 4 is 11.7 Å². The number of nitrogens with zero attached hydrogens (tertiary/aromatic N) is 4. The Labute approximate surface area is 163 Å². The first kappa shape index (κ1) is 18.0. The van der Waals surface area contributed by atoms with Crippen LogP contribution in [0.15, 0.2) is 55.1 Å². The first-order chi connectivity index (χ1) is 13.7. The van der Waals surface area contributed by atoms with Crippen molar-refractivity contribution in [1.29, 1.82) is 0 Å². The van der Waals surface area contributed by atoms with Crippen LogP contribution in [0.1, 0.15) is 35.3 Å². The van der Waals surface area contributed by atoms with Crippen LogP contribution in [-0.4, -0.2) is 37.9 Å². The predicted octanol–water partition coefficient (Wildman–Crippen LogP) is 3.01. The second kappa shape index (κ2) is 8.12. The van der Waals surface area contributed by atoms with E-state index in [4.69, 9.17) is 0 Å². The highest BCUT2D eigenvalue weighted by atomic mass is 16.1. The summed E-state index contributed by atoms with van der Waals surface area (Å²) in [6.45, 7) is 1.91. The molecule has 0 radical (unpaired) electrons. The van der Waals surface area contributed by atoms with Gasteiger partial charge in [-0.2, -0.15) is 0 Å². The van der Waals surface area contributed by atoms with Gasteiger partial charge in [-0.25, -0.2) is 15.0 Å². The van der Waals surface area contributed by atoms with Crippen molar-refractivity contribution in [2.75, 3.05) is 5.32 Å². The quantitative estimate of drug-likeness (QED) is 0.713. The molecule has 2 atom stereocenters. The Morgan fingerprint density at radius 2 is 1.75 bits per heavy atom. The van der Waals surface area contributed by atoms with Crippen molar-refractivity contribution in [2.24, 2.45) is 0 Å². The van der Waals surface area contributed by atoms with Gasteiger partial charge in [0.05, 0.1) is 23.7 Å². The van der Waals surface area contributed by atoms with Gasteiger partial charge in [-0.3, -0.25) is 9.78 Å². The highest BCUT2D eigenvalue weighted by Crippen LogP contribution is 2.24. The van der Waals surface area contributed by atoms with Gasteiger partial charge in [0.25, 0.3) is 5.91 Å².